The van der Waals surface area contributed by atoms with E-state index in [1.54, 1.807) is 0 Å². The summed E-state index contributed by atoms with van der Waals surface area (Å²) in [5, 5.41) is 0. The van der Waals surface area contributed by atoms with E-state index in [4.69, 9.17) is 10.8 Å². The van der Waals surface area contributed by atoms with Crippen molar-refractivity contribution in [3.63, 3.8) is 0 Å². The van der Waals surface area contributed by atoms with E-state index in [0.717, 1.165) is 45.3 Å². The summed E-state index contributed by atoms with van der Waals surface area (Å²) in [6.45, 7) is 2.14. The monoisotopic (exact) mass is 239 g/mol. The highest BCUT2D eigenvalue weighted by Gasteiger charge is 2.12. The molecule has 98 valence electrons. The summed E-state index contributed by atoms with van der Waals surface area (Å²) >= 11 is 0. The number of allylic oxidation sites excluding steroid dienone is 4. The van der Waals surface area contributed by atoms with Crippen LogP contribution in [-0.4, -0.2) is 19.5 Å². The lowest BCUT2D eigenvalue weighted by Gasteiger charge is -2.22. The molecule has 0 aromatic heterocycles. The molecule has 0 spiro atoms. The Labute approximate surface area is 107 Å². The smallest absolute Gasteiger partial charge is 0.157 e. The summed E-state index contributed by atoms with van der Waals surface area (Å²) in [6, 6.07) is 0. The van der Waals surface area contributed by atoms with Crippen molar-refractivity contribution in [2.75, 3.05) is 13.2 Å². The van der Waals surface area contributed by atoms with Crippen molar-refractivity contribution in [2.24, 2.45) is 0 Å². The molecule has 0 saturated carbocycles. The molecule has 0 bridgehead atoms. The van der Waals surface area contributed by atoms with Crippen LogP contribution in [0.4, 0.5) is 0 Å². The first-order valence-corrected chi connectivity index (χ1v) is 6.76. The molecule has 0 N–H and O–H groups in total. The normalized spacial score (nSPS) is 22.4. The van der Waals surface area contributed by atoms with Gasteiger partial charge in [-0.2, -0.15) is 0 Å². The van der Waals surface area contributed by atoms with E-state index in [9.17, 15) is 0 Å². The Hall–Kier alpha value is -0.600. The van der Waals surface area contributed by atoms with Gasteiger partial charge in [-0.25, -0.2) is 0 Å². The quantitative estimate of drug-likeness (QED) is 0.466. The van der Waals surface area contributed by atoms with Crippen molar-refractivity contribution in [1.29, 1.82) is 0 Å². The highest BCUT2D eigenvalue weighted by molar-refractivity contribution is 4.92. The van der Waals surface area contributed by atoms with Crippen LogP contribution < -0.4 is 0 Å². The zero-order valence-electron chi connectivity index (χ0n) is 11.8. The molecule has 1 aliphatic heterocycles. The second-order valence-corrected chi connectivity index (χ2v) is 4.28. The standard InChI is InChI=1S/C15H26O2/c1-2-3-4-5-6-7-8-10-13-16-15-12-9-11-14-17-15/h3-4,6-7,15H,2,5,8-14H2,1H3/b4-3-,7-6-/i1D. The van der Waals surface area contributed by atoms with Gasteiger partial charge in [-0.15, -0.1) is 0 Å². The number of unbranched alkanes of at least 4 members (excludes halogenated alkanes) is 1. The molecule has 1 atom stereocenters. The van der Waals surface area contributed by atoms with Crippen LogP contribution in [0.2, 0.25) is 0 Å². The van der Waals surface area contributed by atoms with Crippen molar-refractivity contribution in [1.82, 2.24) is 0 Å². The minimum atomic E-state index is 0.0514. The Morgan fingerprint density at radius 2 is 2.24 bits per heavy atom. The zero-order chi connectivity index (χ0) is 12.9. The van der Waals surface area contributed by atoms with Crippen LogP contribution in [0.5, 0.6) is 0 Å². The SMILES string of the molecule is [2H]CC/C=C\C/C=C\CCCOC1CCCCO1. The molecule has 1 rings (SSSR count). The third-order valence-corrected chi connectivity index (χ3v) is 2.73. The molecule has 0 aromatic rings. The molecular weight excluding hydrogens is 212 g/mol. The van der Waals surface area contributed by atoms with Gasteiger partial charge in [0.05, 0.1) is 6.61 Å². The van der Waals surface area contributed by atoms with Crippen LogP contribution in [0.25, 0.3) is 0 Å². The molecule has 0 aromatic carbocycles. The van der Waals surface area contributed by atoms with E-state index in [1.165, 1.54) is 12.8 Å². The highest BCUT2D eigenvalue weighted by Crippen LogP contribution is 2.13. The molecule has 1 fully saturated rings. The van der Waals surface area contributed by atoms with Crippen LogP contribution in [0.3, 0.4) is 0 Å². The predicted octanol–water partition coefficient (Wildman–Crippen LogP) is 4.22. The van der Waals surface area contributed by atoms with Crippen molar-refractivity contribution < 1.29 is 10.8 Å². The molecule has 1 heterocycles. The molecule has 0 amide bonds. The van der Waals surface area contributed by atoms with Crippen LogP contribution in [0.15, 0.2) is 24.3 Å². The molecule has 2 nitrogen and oxygen atoms in total. The average Bonchev–Trinajstić information content (AvgIpc) is 2.42. The topological polar surface area (TPSA) is 18.5 Å². The lowest BCUT2D eigenvalue weighted by Crippen LogP contribution is -2.22. The number of hydrogen-bond donors (Lipinski definition) is 0. The fraction of sp³-hybridized carbons (Fsp3) is 0.733. The third kappa shape index (κ3) is 8.17. The fourth-order valence-electron chi connectivity index (χ4n) is 1.77. The second kappa shape index (κ2) is 10.5. The van der Waals surface area contributed by atoms with E-state index < -0.39 is 0 Å². The zero-order valence-corrected chi connectivity index (χ0v) is 10.8. The van der Waals surface area contributed by atoms with E-state index >= 15 is 0 Å². The van der Waals surface area contributed by atoms with Crippen LogP contribution >= 0.6 is 0 Å². The summed E-state index contributed by atoms with van der Waals surface area (Å²) in [5.41, 5.74) is 0. The summed E-state index contributed by atoms with van der Waals surface area (Å²) < 4.78 is 18.1. The summed E-state index contributed by atoms with van der Waals surface area (Å²) in [7, 11) is 0. The second-order valence-electron chi connectivity index (χ2n) is 4.28. The van der Waals surface area contributed by atoms with Gasteiger partial charge in [-0.1, -0.05) is 31.2 Å². The Balaban J connectivity index is 1.86. The average molecular weight is 239 g/mol. The maximum absolute atomic E-state index is 6.99. The minimum Gasteiger partial charge on any atom is -0.353 e. The Kier molecular flexibility index (Phi) is 7.97. The van der Waals surface area contributed by atoms with Gasteiger partial charge in [-0.05, 0) is 44.9 Å². The van der Waals surface area contributed by atoms with E-state index in [0.29, 0.717) is 6.90 Å². The molecule has 1 aliphatic rings. The van der Waals surface area contributed by atoms with Gasteiger partial charge in [0.2, 0.25) is 0 Å². The molecule has 1 unspecified atom stereocenters. The molecule has 0 radical (unpaired) electrons. The number of hydrogen-bond acceptors (Lipinski definition) is 2. The molecule has 0 aliphatic carbocycles. The highest BCUT2D eigenvalue weighted by atomic mass is 16.7. The Morgan fingerprint density at radius 3 is 3.06 bits per heavy atom. The van der Waals surface area contributed by atoms with Gasteiger partial charge in [0.1, 0.15) is 0 Å². The van der Waals surface area contributed by atoms with Crippen molar-refractivity contribution in [3.8, 4) is 0 Å². The van der Waals surface area contributed by atoms with Gasteiger partial charge in [0.25, 0.3) is 0 Å². The number of ether oxygens (including phenoxy) is 2. The molecule has 1 saturated heterocycles. The Bertz CT molecular complexity index is 233. The Morgan fingerprint density at radius 1 is 1.29 bits per heavy atom. The summed E-state index contributed by atoms with van der Waals surface area (Å²) in [6.07, 6.45) is 16.1. The van der Waals surface area contributed by atoms with Gasteiger partial charge in [0.15, 0.2) is 6.29 Å². The first kappa shape index (κ1) is 12.8. The van der Waals surface area contributed by atoms with Crippen molar-refractivity contribution >= 4 is 0 Å². The lowest BCUT2D eigenvalue weighted by molar-refractivity contribution is -0.162. The largest absolute Gasteiger partial charge is 0.353 e. The minimum absolute atomic E-state index is 0.0514. The fourth-order valence-corrected chi connectivity index (χ4v) is 1.77. The maximum Gasteiger partial charge on any atom is 0.157 e. The third-order valence-electron chi connectivity index (χ3n) is 2.73. The molecular formula is C15H26O2. The van der Waals surface area contributed by atoms with Crippen LogP contribution in [0, 0.1) is 0 Å². The van der Waals surface area contributed by atoms with Gasteiger partial charge >= 0.3 is 0 Å². The maximum atomic E-state index is 6.99. The van der Waals surface area contributed by atoms with E-state index in [-0.39, 0.29) is 6.29 Å². The van der Waals surface area contributed by atoms with Crippen molar-refractivity contribution in [2.45, 2.75) is 58.1 Å². The predicted molar refractivity (Wildman–Crippen MR) is 72.0 cm³/mol. The summed E-state index contributed by atoms with van der Waals surface area (Å²) in [4.78, 5) is 0. The first-order chi connectivity index (χ1) is 8.93. The van der Waals surface area contributed by atoms with E-state index in [1.807, 2.05) is 0 Å². The number of rotatable bonds is 8. The molecule has 17 heavy (non-hydrogen) atoms. The van der Waals surface area contributed by atoms with Crippen LogP contribution in [-0.2, 0) is 9.47 Å². The van der Waals surface area contributed by atoms with Gasteiger partial charge < -0.3 is 9.47 Å². The van der Waals surface area contributed by atoms with Gasteiger partial charge in [0, 0.05) is 7.98 Å². The van der Waals surface area contributed by atoms with Crippen molar-refractivity contribution in [3.05, 3.63) is 24.3 Å². The first-order valence-electron chi connectivity index (χ1n) is 7.46. The van der Waals surface area contributed by atoms with Crippen LogP contribution in [0.1, 0.15) is 53.2 Å². The molecule has 2 heteroatoms. The van der Waals surface area contributed by atoms with Gasteiger partial charge in [-0.3, -0.25) is 0 Å². The summed E-state index contributed by atoms with van der Waals surface area (Å²) in [5.74, 6) is 0. The lowest BCUT2D eigenvalue weighted by atomic mass is 10.2. The van der Waals surface area contributed by atoms with E-state index in [2.05, 4.69) is 24.3 Å².